The third-order valence-corrected chi connectivity index (χ3v) is 3.23. The molecule has 6 heteroatoms. The first-order chi connectivity index (χ1) is 10.6. The molecule has 22 heavy (non-hydrogen) atoms. The van der Waals surface area contributed by atoms with Gasteiger partial charge in [0.1, 0.15) is 12.7 Å². The number of aromatic nitrogens is 2. The molecule has 0 aliphatic carbocycles. The smallest absolute Gasteiger partial charge is 0.161 e. The highest BCUT2D eigenvalue weighted by Crippen LogP contribution is 2.28. The van der Waals surface area contributed by atoms with Crippen LogP contribution in [-0.2, 0) is 13.0 Å². The molecule has 1 aromatic heterocycles. The Morgan fingerprint density at radius 1 is 1.45 bits per heavy atom. The summed E-state index contributed by atoms with van der Waals surface area (Å²) < 4.78 is 12.5. The second kappa shape index (κ2) is 7.87. The molecule has 0 fully saturated rings. The van der Waals surface area contributed by atoms with Gasteiger partial charge in [0.15, 0.2) is 11.5 Å². The number of halogens is 1. The number of aliphatic hydroxyl groups is 1. The Morgan fingerprint density at radius 2 is 2.27 bits per heavy atom. The first-order valence-electron chi connectivity index (χ1n) is 6.89. The van der Waals surface area contributed by atoms with Crippen LogP contribution in [0.1, 0.15) is 5.56 Å². The molecule has 0 aliphatic heterocycles. The highest BCUT2D eigenvalue weighted by molar-refractivity contribution is 6.30. The summed E-state index contributed by atoms with van der Waals surface area (Å²) in [6.45, 7) is 4.15. The van der Waals surface area contributed by atoms with E-state index in [0.29, 0.717) is 23.1 Å². The molecule has 1 heterocycles. The van der Waals surface area contributed by atoms with Gasteiger partial charge < -0.3 is 14.6 Å². The Labute approximate surface area is 134 Å². The van der Waals surface area contributed by atoms with Gasteiger partial charge in [-0.25, -0.2) is 0 Å². The summed E-state index contributed by atoms with van der Waals surface area (Å²) in [6.07, 6.45) is 5.06. The molecule has 0 amide bonds. The third-order valence-electron chi connectivity index (χ3n) is 3.04. The van der Waals surface area contributed by atoms with E-state index < -0.39 is 6.10 Å². The van der Waals surface area contributed by atoms with Crippen molar-refractivity contribution in [3.8, 4) is 11.5 Å². The van der Waals surface area contributed by atoms with Crippen LogP contribution in [0.25, 0.3) is 0 Å². The van der Waals surface area contributed by atoms with Gasteiger partial charge in [-0.05, 0) is 24.1 Å². The zero-order chi connectivity index (χ0) is 15.9. The van der Waals surface area contributed by atoms with E-state index in [4.69, 9.17) is 21.1 Å². The minimum absolute atomic E-state index is 0.134. The van der Waals surface area contributed by atoms with E-state index in [1.807, 2.05) is 24.3 Å². The zero-order valence-corrected chi connectivity index (χ0v) is 13.2. The van der Waals surface area contributed by atoms with E-state index in [1.54, 1.807) is 18.0 Å². The molecule has 1 atom stereocenters. The lowest BCUT2D eigenvalue weighted by molar-refractivity contribution is 0.0879. The van der Waals surface area contributed by atoms with Gasteiger partial charge in [-0.2, -0.15) is 5.10 Å². The van der Waals surface area contributed by atoms with E-state index in [2.05, 4.69) is 11.7 Å². The Kier molecular flexibility index (Phi) is 5.86. The van der Waals surface area contributed by atoms with Gasteiger partial charge in [-0.3, -0.25) is 4.68 Å². The first-order valence-corrected chi connectivity index (χ1v) is 7.26. The van der Waals surface area contributed by atoms with Crippen molar-refractivity contribution < 1.29 is 14.6 Å². The largest absolute Gasteiger partial charge is 0.493 e. The maximum absolute atomic E-state index is 9.99. The van der Waals surface area contributed by atoms with E-state index in [1.165, 1.54) is 6.20 Å². The van der Waals surface area contributed by atoms with Gasteiger partial charge in [0, 0.05) is 6.20 Å². The highest BCUT2D eigenvalue weighted by Gasteiger charge is 2.10. The van der Waals surface area contributed by atoms with Crippen LogP contribution in [0, 0.1) is 0 Å². The standard InChI is InChI=1S/C16H19ClN2O3/c1-3-4-12-5-6-15(16(7-12)21-2)22-11-14(20)10-19-9-13(17)8-18-19/h3,5-9,14,20H,1,4,10-11H2,2H3. The van der Waals surface area contributed by atoms with Crippen molar-refractivity contribution in [1.82, 2.24) is 9.78 Å². The number of nitrogens with zero attached hydrogens (tertiary/aromatic N) is 2. The fraction of sp³-hybridized carbons (Fsp3) is 0.312. The second-order valence-electron chi connectivity index (χ2n) is 4.82. The Bertz CT molecular complexity index is 628. The normalized spacial score (nSPS) is 12.0. The average Bonchev–Trinajstić information content (AvgIpc) is 2.91. The van der Waals surface area contributed by atoms with Crippen LogP contribution < -0.4 is 9.47 Å². The number of methoxy groups -OCH3 is 1. The molecule has 118 valence electrons. The number of allylic oxidation sites excluding steroid dienone is 1. The molecule has 0 radical (unpaired) electrons. The van der Waals surface area contributed by atoms with E-state index in [-0.39, 0.29) is 6.61 Å². The quantitative estimate of drug-likeness (QED) is 0.759. The van der Waals surface area contributed by atoms with Crippen LogP contribution in [-0.4, -0.2) is 34.7 Å². The van der Waals surface area contributed by atoms with E-state index >= 15 is 0 Å². The number of hydrogen-bond acceptors (Lipinski definition) is 4. The zero-order valence-electron chi connectivity index (χ0n) is 12.4. The minimum atomic E-state index is -0.700. The van der Waals surface area contributed by atoms with Gasteiger partial charge in [0.25, 0.3) is 0 Å². The van der Waals surface area contributed by atoms with Crippen LogP contribution in [0.3, 0.4) is 0 Å². The highest BCUT2D eigenvalue weighted by atomic mass is 35.5. The van der Waals surface area contributed by atoms with Crippen LogP contribution in [0.2, 0.25) is 5.02 Å². The molecule has 0 aliphatic rings. The van der Waals surface area contributed by atoms with Crippen LogP contribution in [0.5, 0.6) is 11.5 Å². The maximum atomic E-state index is 9.99. The second-order valence-corrected chi connectivity index (χ2v) is 5.26. The van der Waals surface area contributed by atoms with Crippen molar-refractivity contribution in [3.63, 3.8) is 0 Å². The van der Waals surface area contributed by atoms with Crippen molar-refractivity contribution >= 4 is 11.6 Å². The summed E-state index contributed by atoms with van der Waals surface area (Å²) in [5.74, 6) is 1.22. The molecule has 5 nitrogen and oxygen atoms in total. The molecule has 0 saturated heterocycles. The van der Waals surface area contributed by atoms with Crippen LogP contribution >= 0.6 is 11.6 Å². The molecule has 1 unspecified atom stereocenters. The maximum Gasteiger partial charge on any atom is 0.161 e. The summed E-state index contributed by atoms with van der Waals surface area (Å²) in [7, 11) is 1.59. The molecule has 2 rings (SSSR count). The van der Waals surface area contributed by atoms with Crippen molar-refractivity contribution in [2.24, 2.45) is 0 Å². The fourth-order valence-electron chi connectivity index (χ4n) is 2.02. The predicted molar refractivity (Wildman–Crippen MR) is 85.6 cm³/mol. The van der Waals surface area contributed by atoms with Crippen molar-refractivity contribution in [2.75, 3.05) is 13.7 Å². The average molecular weight is 323 g/mol. The summed E-state index contributed by atoms with van der Waals surface area (Å²) >= 11 is 5.78. The van der Waals surface area contributed by atoms with Crippen LogP contribution in [0.4, 0.5) is 0 Å². The van der Waals surface area contributed by atoms with Crippen LogP contribution in [0.15, 0.2) is 43.2 Å². The molecular formula is C16H19ClN2O3. The van der Waals surface area contributed by atoms with Gasteiger partial charge in [-0.15, -0.1) is 6.58 Å². The monoisotopic (exact) mass is 322 g/mol. The number of aliphatic hydroxyl groups excluding tert-OH is 1. The van der Waals surface area contributed by atoms with E-state index in [9.17, 15) is 5.11 Å². The fourth-order valence-corrected chi connectivity index (χ4v) is 2.17. The number of rotatable bonds is 8. The Morgan fingerprint density at radius 3 is 2.91 bits per heavy atom. The number of ether oxygens (including phenoxy) is 2. The molecule has 1 aromatic carbocycles. The van der Waals surface area contributed by atoms with Gasteiger partial charge in [0.05, 0.1) is 24.9 Å². The summed E-state index contributed by atoms with van der Waals surface area (Å²) in [5, 5.41) is 14.5. The lowest BCUT2D eigenvalue weighted by Gasteiger charge is -2.15. The number of benzene rings is 1. The summed E-state index contributed by atoms with van der Waals surface area (Å²) in [6, 6.07) is 5.67. The van der Waals surface area contributed by atoms with Gasteiger partial charge in [-0.1, -0.05) is 23.7 Å². The Hall–Kier alpha value is -1.98. The minimum Gasteiger partial charge on any atom is -0.493 e. The third kappa shape index (κ3) is 4.51. The summed E-state index contributed by atoms with van der Waals surface area (Å²) in [5.41, 5.74) is 1.09. The Balaban J connectivity index is 1.93. The first kappa shape index (κ1) is 16.4. The number of hydrogen-bond donors (Lipinski definition) is 1. The van der Waals surface area contributed by atoms with Gasteiger partial charge >= 0.3 is 0 Å². The van der Waals surface area contributed by atoms with E-state index in [0.717, 1.165) is 12.0 Å². The molecule has 0 spiro atoms. The lowest BCUT2D eigenvalue weighted by Crippen LogP contribution is -2.24. The van der Waals surface area contributed by atoms with Crippen molar-refractivity contribution in [2.45, 2.75) is 19.1 Å². The lowest BCUT2D eigenvalue weighted by atomic mass is 10.1. The topological polar surface area (TPSA) is 56.5 Å². The van der Waals surface area contributed by atoms with Crippen molar-refractivity contribution in [1.29, 1.82) is 0 Å². The molecule has 1 N–H and O–H groups in total. The summed E-state index contributed by atoms with van der Waals surface area (Å²) in [4.78, 5) is 0. The molecule has 0 bridgehead atoms. The van der Waals surface area contributed by atoms with Gasteiger partial charge in [0.2, 0.25) is 0 Å². The molecule has 0 saturated carbocycles. The SMILES string of the molecule is C=CCc1ccc(OCC(O)Cn2cc(Cl)cn2)c(OC)c1. The molecular weight excluding hydrogens is 304 g/mol. The predicted octanol–water partition coefficient (Wildman–Crippen LogP) is 2.71. The van der Waals surface area contributed by atoms with Crippen molar-refractivity contribution in [3.05, 3.63) is 53.8 Å². The molecule has 2 aromatic rings.